The zero-order chi connectivity index (χ0) is 19.2. The maximum atomic E-state index is 14.3. The molecule has 0 radical (unpaired) electrons. The van der Waals surface area contributed by atoms with Crippen LogP contribution in [0.25, 0.3) is 10.9 Å². The first-order valence-corrected chi connectivity index (χ1v) is 8.73. The molecule has 0 saturated heterocycles. The van der Waals surface area contributed by atoms with Gasteiger partial charge in [0.1, 0.15) is 12.4 Å². The molecule has 0 aliphatic carbocycles. The average Bonchev–Trinajstić information content (AvgIpc) is 2.66. The monoisotopic (exact) mass is 384 g/mol. The average molecular weight is 385 g/mol. The minimum Gasteiger partial charge on any atom is -0.372 e. The quantitative estimate of drug-likeness (QED) is 0.661. The van der Waals surface area contributed by atoms with E-state index < -0.39 is 5.82 Å². The van der Waals surface area contributed by atoms with Gasteiger partial charge in [0.2, 0.25) is 0 Å². The number of hydrogen-bond donors (Lipinski definition) is 2. The van der Waals surface area contributed by atoms with Crippen molar-refractivity contribution in [2.75, 3.05) is 13.7 Å². The molecule has 0 unspecified atom stereocenters. The molecule has 138 valence electrons. The van der Waals surface area contributed by atoms with Crippen molar-refractivity contribution in [3.05, 3.63) is 80.3 Å². The third kappa shape index (κ3) is 4.75. The molecule has 0 amide bonds. The minimum absolute atomic E-state index is 0.179. The van der Waals surface area contributed by atoms with Crippen molar-refractivity contribution in [2.45, 2.75) is 13.1 Å². The minimum atomic E-state index is -0.507. The summed E-state index contributed by atoms with van der Waals surface area (Å²) in [4.78, 5) is 15.6. The number of aromatic nitrogens is 1. The maximum Gasteiger partial charge on any atom is 0.194 e. The van der Waals surface area contributed by atoms with Crippen LogP contribution in [0.1, 0.15) is 16.7 Å². The molecule has 0 aliphatic heterocycles. The topological polar surface area (TPSA) is 54.1 Å². The Bertz CT molecular complexity index is 1070. The second-order valence-electron chi connectivity index (χ2n) is 5.99. The third-order valence-electron chi connectivity index (χ3n) is 4.02. The lowest BCUT2D eigenvalue weighted by Crippen LogP contribution is -2.20. The fraction of sp³-hybridized carbons (Fsp3) is 0.190. The van der Waals surface area contributed by atoms with E-state index >= 15 is 0 Å². The summed E-state index contributed by atoms with van der Waals surface area (Å²) in [6.07, 6.45) is 1.54. The zero-order valence-electron chi connectivity index (χ0n) is 14.7. The highest BCUT2D eigenvalue weighted by atomic mass is 35.5. The molecule has 1 aromatic heterocycles. The number of benzene rings is 2. The fourth-order valence-corrected chi connectivity index (χ4v) is 2.81. The summed E-state index contributed by atoms with van der Waals surface area (Å²) in [5.41, 5.74) is 1.98. The molecule has 3 rings (SSSR count). The predicted octanol–water partition coefficient (Wildman–Crippen LogP) is 3.61. The standard InChI is InChI=1S/C21H18ClFN2O2/c1-27-8-2-3-15-9-18-20(19(23)10-15)25-13-16(21(18)26)12-24-11-14-4-6-17(22)7-5-14/h4-7,9-10,13,24H,8,11-12H2,1H3,(H,25,26). The van der Waals surface area contributed by atoms with Crippen LogP contribution in [-0.2, 0) is 17.8 Å². The van der Waals surface area contributed by atoms with E-state index in [9.17, 15) is 9.18 Å². The first kappa shape index (κ1) is 19.1. The van der Waals surface area contributed by atoms with Crippen molar-refractivity contribution >= 4 is 22.5 Å². The molecule has 0 spiro atoms. The Labute approximate surface area is 161 Å². The number of ether oxygens (including phenoxy) is 1. The van der Waals surface area contributed by atoms with Crippen molar-refractivity contribution in [3.8, 4) is 11.8 Å². The van der Waals surface area contributed by atoms with Crippen molar-refractivity contribution in [3.63, 3.8) is 0 Å². The van der Waals surface area contributed by atoms with Crippen molar-refractivity contribution in [1.29, 1.82) is 0 Å². The maximum absolute atomic E-state index is 14.3. The van der Waals surface area contributed by atoms with Gasteiger partial charge in [0.05, 0.1) is 10.9 Å². The molecule has 0 bridgehead atoms. The molecular weight excluding hydrogens is 367 g/mol. The van der Waals surface area contributed by atoms with E-state index in [1.54, 1.807) is 12.3 Å². The summed E-state index contributed by atoms with van der Waals surface area (Å²) in [6.45, 7) is 1.19. The number of H-pyrrole nitrogens is 1. The number of halogens is 2. The van der Waals surface area contributed by atoms with E-state index in [0.717, 1.165) is 5.56 Å². The lowest BCUT2D eigenvalue weighted by Gasteiger charge is -2.07. The molecule has 27 heavy (non-hydrogen) atoms. The normalized spacial score (nSPS) is 10.6. The number of methoxy groups -OCH3 is 1. The Kier molecular flexibility index (Phi) is 6.25. The summed E-state index contributed by atoms with van der Waals surface area (Å²) in [5.74, 6) is 5.05. The van der Waals surface area contributed by atoms with Gasteiger partial charge in [-0.2, -0.15) is 0 Å². The van der Waals surface area contributed by atoms with E-state index in [4.69, 9.17) is 16.3 Å². The van der Waals surface area contributed by atoms with Crippen LogP contribution in [0, 0.1) is 17.7 Å². The van der Waals surface area contributed by atoms with Gasteiger partial charge in [-0.25, -0.2) is 4.39 Å². The van der Waals surface area contributed by atoms with Gasteiger partial charge >= 0.3 is 0 Å². The lowest BCUT2D eigenvalue weighted by atomic mass is 10.1. The number of hydrogen-bond acceptors (Lipinski definition) is 3. The van der Waals surface area contributed by atoms with Crippen molar-refractivity contribution < 1.29 is 9.13 Å². The molecule has 6 heteroatoms. The summed E-state index contributed by atoms with van der Waals surface area (Å²) in [7, 11) is 1.53. The molecule has 1 heterocycles. The molecule has 4 nitrogen and oxygen atoms in total. The van der Waals surface area contributed by atoms with Crippen LogP contribution in [0.5, 0.6) is 0 Å². The highest BCUT2D eigenvalue weighted by Crippen LogP contribution is 2.16. The van der Waals surface area contributed by atoms with Crippen LogP contribution in [0.2, 0.25) is 5.02 Å². The van der Waals surface area contributed by atoms with Gasteiger partial charge < -0.3 is 15.0 Å². The fourth-order valence-electron chi connectivity index (χ4n) is 2.69. The Morgan fingerprint density at radius 2 is 2.00 bits per heavy atom. The van der Waals surface area contributed by atoms with Crippen LogP contribution < -0.4 is 10.7 Å². The SMILES string of the molecule is COCC#Cc1cc(F)c2[nH]cc(CNCc3ccc(Cl)cc3)c(=O)c2c1. The number of fused-ring (bicyclic) bond motifs is 1. The molecule has 0 saturated carbocycles. The van der Waals surface area contributed by atoms with Gasteiger partial charge in [-0.1, -0.05) is 35.6 Å². The van der Waals surface area contributed by atoms with Gasteiger partial charge in [-0.3, -0.25) is 4.79 Å². The van der Waals surface area contributed by atoms with Crippen LogP contribution in [0.15, 0.2) is 47.4 Å². The Morgan fingerprint density at radius 1 is 1.22 bits per heavy atom. The van der Waals surface area contributed by atoms with Crippen LogP contribution in [0.3, 0.4) is 0 Å². The largest absolute Gasteiger partial charge is 0.372 e. The smallest absolute Gasteiger partial charge is 0.194 e. The van der Waals surface area contributed by atoms with E-state index in [1.165, 1.54) is 13.2 Å². The number of aromatic amines is 1. The van der Waals surface area contributed by atoms with Gasteiger partial charge in [-0.05, 0) is 29.8 Å². The second-order valence-corrected chi connectivity index (χ2v) is 6.42. The summed E-state index contributed by atoms with van der Waals surface area (Å²) >= 11 is 5.87. The number of rotatable bonds is 5. The van der Waals surface area contributed by atoms with E-state index in [1.807, 2.05) is 24.3 Å². The molecule has 0 aliphatic rings. The second kappa shape index (κ2) is 8.83. The predicted molar refractivity (Wildman–Crippen MR) is 105 cm³/mol. The Morgan fingerprint density at radius 3 is 2.74 bits per heavy atom. The van der Waals surface area contributed by atoms with Crippen LogP contribution >= 0.6 is 11.6 Å². The molecule has 2 aromatic carbocycles. The molecule has 0 fully saturated rings. The molecule has 2 N–H and O–H groups in total. The lowest BCUT2D eigenvalue weighted by molar-refractivity contribution is 0.240. The van der Waals surface area contributed by atoms with Crippen LogP contribution in [-0.4, -0.2) is 18.7 Å². The molecule has 3 aromatic rings. The van der Waals surface area contributed by atoms with Crippen molar-refractivity contribution in [2.24, 2.45) is 0 Å². The highest BCUT2D eigenvalue weighted by molar-refractivity contribution is 6.30. The van der Waals surface area contributed by atoms with Crippen molar-refractivity contribution in [1.82, 2.24) is 10.3 Å². The Hall–Kier alpha value is -2.65. The summed E-state index contributed by atoms with van der Waals surface area (Å²) < 4.78 is 19.1. The third-order valence-corrected chi connectivity index (χ3v) is 4.28. The molecule has 0 atom stereocenters. The number of nitrogens with one attached hydrogen (secondary N) is 2. The highest BCUT2D eigenvalue weighted by Gasteiger charge is 2.10. The van der Waals surface area contributed by atoms with Crippen LogP contribution in [0.4, 0.5) is 4.39 Å². The first-order valence-electron chi connectivity index (χ1n) is 8.35. The van der Waals surface area contributed by atoms with E-state index in [-0.39, 0.29) is 22.9 Å². The Balaban J connectivity index is 1.82. The van der Waals surface area contributed by atoms with Gasteiger partial charge in [0.25, 0.3) is 0 Å². The van der Waals surface area contributed by atoms with E-state index in [2.05, 4.69) is 22.1 Å². The number of pyridine rings is 1. The van der Waals surface area contributed by atoms with Gasteiger partial charge in [-0.15, -0.1) is 0 Å². The summed E-state index contributed by atoms with van der Waals surface area (Å²) in [6, 6.07) is 10.4. The van der Waals surface area contributed by atoms with Gasteiger partial charge in [0.15, 0.2) is 5.43 Å². The van der Waals surface area contributed by atoms with Gasteiger partial charge in [0, 0.05) is 42.5 Å². The summed E-state index contributed by atoms with van der Waals surface area (Å²) in [5, 5.41) is 4.17. The van der Waals surface area contributed by atoms with E-state index in [0.29, 0.717) is 29.2 Å². The zero-order valence-corrected chi connectivity index (χ0v) is 15.5. The first-order chi connectivity index (χ1) is 13.1. The molecular formula is C21H18ClFN2O2.